The Bertz CT molecular complexity index is 928. The van der Waals surface area contributed by atoms with Crippen LogP contribution in [0, 0.1) is 12.7 Å². The van der Waals surface area contributed by atoms with Crippen molar-refractivity contribution in [1.82, 2.24) is 14.8 Å². The lowest BCUT2D eigenvalue weighted by Crippen LogP contribution is -2.15. The Morgan fingerprint density at radius 2 is 1.93 bits per heavy atom. The number of rotatable bonds is 7. The van der Waals surface area contributed by atoms with E-state index in [1.165, 1.54) is 23.9 Å². The van der Waals surface area contributed by atoms with Crippen molar-refractivity contribution in [3.8, 4) is 11.4 Å². The molecule has 0 aliphatic carbocycles. The molecular formula is C19H19FN4O2S. The molecule has 0 spiro atoms. The number of nitrogens with zero attached hydrogens (tertiary/aromatic N) is 3. The number of nitrogens with one attached hydrogen (secondary N) is 1. The highest BCUT2D eigenvalue weighted by Gasteiger charge is 2.14. The molecule has 0 aliphatic rings. The molecule has 0 atom stereocenters. The van der Waals surface area contributed by atoms with Gasteiger partial charge in [0.25, 0.3) is 0 Å². The number of carbonyl (C=O) groups excluding carboxylic acids is 1. The summed E-state index contributed by atoms with van der Waals surface area (Å²) in [5, 5.41) is 11.4. The van der Waals surface area contributed by atoms with Crippen molar-refractivity contribution in [2.75, 3.05) is 17.7 Å². The topological polar surface area (TPSA) is 69.0 Å². The van der Waals surface area contributed by atoms with Gasteiger partial charge in [0.1, 0.15) is 17.4 Å². The molecule has 2 aromatic carbocycles. The van der Waals surface area contributed by atoms with Crippen LogP contribution in [0.25, 0.3) is 5.69 Å². The van der Waals surface area contributed by atoms with Gasteiger partial charge in [-0.3, -0.25) is 9.36 Å². The maximum absolute atomic E-state index is 13.6. The Balaban J connectivity index is 1.69. The summed E-state index contributed by atoms with van der Waals surface area (Å²) in [7, 11) is 0. The van der Waals surface area contributed by atoms with Crippen LogP contribution < -0.4 is 10.1 Å². The van der Waals surface area contributed by atoms with Crippen LogP contribution in [0.3, 0.4) is 0 Å². The average molecular weight is 386 g/mol. The molecule has 1 aromatic heterocycles. The Kier molecular flexibility index (Phi) is 6.08. The molecule has 1 amide bonds. The SMILES string of the molecule is CCOc1ccc(-n2c(C)nnc2SCC(=O)Nc2ccccc2F)cc1. The lowest BCUT2D eigenvalue weighted by atomic mass is 10.3. The van der Waals surface area contributed by atoms with Gasteiger partial charge in [0.05, 0.1) is 18.0 Å². The number of para-hydroxylation sites is 1. The quantitative estimate of drug-likeness (QED) is 0.625. The largest absolute Gasteiger partial charge is 0.494 e. The van der Waals surface area contributed by atoms with Gasteiger partial charge in [-0.1, -0.05) is 23.9 Å². The van der Waals surface area contributed by atoms with Gasteiger partial charge >= 0.3 is 0 Å². The number of hydrogen-bond acceptors (Lipinski definition) is 5. The first-order chi connectivity index (χ1) is 13.1. The predicted molar refractivity (Wildman–Crippen MR) is 103 cm³/mol. The van der Waals surface area contributed by atoms with Crippen molar-refractivity contribution in [3.63, 3.8) is 0 Å². The molecule has 1 N–H and O–H groups in total. The van der Waals surface area contributed by atoms with E-state index in [-0.39, 0.29) is 17.3 Å². The fraction of sp³-hybridized carbons (Fsp3) is 0.211. The minimum absolute atomic E-state index is 0.0868. The summed E-state index contributed by atoms with van der Waals surface area (Å²) in [5.74, 6) is 0.790. The van der Waals surface area contributed by atoms with E-state index in [1.54, 1.807) is 12.1 Å². The molecule has 6 nitrogen and oxygen atoms in total. The predicted octanol–water partition coefficient (Wildman–Crippen LogP) is 3.84. The first-order valence-corrected chi connectivity index (χ1v) is 9.39. The van der Waals surface area contributed by atoms with E-state index in [2.05, 4.69) is 15.5 Å². The molecule has 3 aromatic rings. The zero-order chi connectivity index (χ0) is 19.2. The third-order valence-electron chi connectivity index (χ3n) is 3.68. The van der Waals surface area contributed by atoms with Gasteiger partial charge in [-0.15, -0.1) is 10.2 Å². The van der Waals surface area contributed by atoms with Crippen molar-refractivity contribution >= 4 is 23.4 Å². The van der Waals surface area contributed by atoms with E-state index in [4.69, 9.17) is 4.74 Å². The van der Waals surface area contributed by atoms with E-state index in [0.717, 1.165) is 11.4 Å². The number of halogens is 1. The molecule has 27 heavy (non-hydrogen) atoms. The maximum Gasteiger partial charge on any atom is 0.234 e. The van der Waals surface area contributed by atoms with Crippen LogP contribution >= 0.6 is 11.8 Å². The van der Waals surface area contributed by atoms with Crippen LogP contribution in [0.15, 0.2) is 53.7 Å². The molecule has 0 aliphatic heterocycles. The van der Waals surface area contributed by atoms with Crippen LogP contribution in [0.2, 0.25) is 0 Å². The number of amides is 1. The third-order valence-corrected chi connectivity index (χ3v) is 4.61. The molecule has 140 valence electrons. The Morgan fingerprint density at radius 3 is 2.63 bits per heavy atom. The molecule has 0 unspecified atom stereocenters. The first kappa shape index (κ1) is 18.9. The fourth-order valence-electron chi connectivity index (χ4n) is 2.47. The Labute approximate surface area is 160 Å². The van der Waals surface area contributed by atoms with Crippen LogP contribution in [-0.4, -0.2) is 33.0 Å². The number of anilines is 1. The van der Waals surface area contributed by atoms with Gasteiger partial charge in [0.15, 0.2) is 5.16 Å². The highest BCUT2D eigenvalue weighted by Crippen LogP contribution is 2.24. The molecule has 0 bridgehead atoms. The number of thioether (sulfide) groups is 1. The van der Waals surface area contributed by atoms with E-state index in [9.17, 15) is 9.18 Å². The lowest BCUT2D eigenvalue weighted by molar-refractivity contribution is -0.113. The number of ether oxygens (including phenoxy) is 1. The number of aromatic nitrogens is 3. The highest BCUT2D eigenvalue weighted by molar-refractivity contribution is 7.99. The second kappa shape index (κ2) is 8.68. The fourth-order valence-corrected chi connectivity index (χ4v) is 3.27. The van der Waals surface area contributed by atoms with E-state index in [1.807, 2.05) is 42.7 Å². The van der Waals surface area contributed by atoms with Crippen molar-refractivity contribution in [3.05, 3.63) is 60.2 Å². The van der Waals surface area contributed by atoms with Gasteiger partial charge in [0, 0.05) is 5.69 Å². The van der Waals surface area contributed by atoms with Gasteiger partial charge < -0.3 is 10.1 Å². The van der Waals surface area contributed by atoms with E-state index in [0.29, 0.717) is 17.6 Å². The van der Waals surface area contributed by atoms with Gasteiger partial charge in [-0.05, 0) is 50.2 Å². The summed E-state index contributed by atoms with van der Waals surface area (Å²) in [5.41, 5.74) is 1.03. The summed E-state index contributed by atoms with van der Waals surface area (Å²) in [4.78, 5) is 12.1. The van der Waals surface area contributed by atoms with Crippen LogP contribution in [0.4, 0.5) is 10.1 Å². The maximum atomic E-state index is 13.6. The second-order valence-corrected chi connectivity index (χ2v) is 6.55. The van der Waals surface area contributed by atoms with Crippen molar-refractivity contribution < 1.29 is 13.9 Å². The van der Waals surface area contributed by atoms with Crippen molar-refractivity contribution in [1.29, 1.82) is 0 Å². The monoisotopic (exact) mass is 386 g/mol. The van der Waals surface area contributed by atoms with Gasteiger partial charge in [0.2, 0.25) is 5.91 Å². The highest BCUT2D eigenvalue weighted by atomic mass is 32.2. The Hall–Kier alpha value is -2.87. The average Bonchev–Trinajstić information content (AvgIpc) is 3.03. The third kappa shape index (κ3) is 4.65. The minimum atomic E-state index is -0.468. The summed E-state index contributed by atoms with van der Waals surface area (Å²) in [6, 6.07) is 13.6. The molecule has 0 fully saturated rings. The number of benzene rings is 2. The molecule has 1 heterocycles. The standard InChI is InChI=1S/C19H19FN4O2S/c1-3-26-15-10-8-14(9-11-15)24-13(2)22-23-19(24)27-12-18(25)21-17-7-5-4-6-16(17)20/h4-11H,3,12H2,1-2H3,(H,21,25). The molecule has 0 saturated carbocycles. The number of aryl methyl sites for hydroxylation is 1. The van der Waals surface area contributed by atoms with Crippen molar-refractivity contribution in [2.24, 2.45) is 0 Å². The number of hydrogen-bond donors (Lipinski definition) is 1. The molecule has 0 saturated heterocycles. The zero-order valence-corrected chi connectivity index (χ0v) is 15.8. The summed E-state index contributed by atoms with van der Waals surface area (Å²) < 4.78 is 20.9. The molecule has 0 radical (unpaired) electrons. The van der Waals surface area contributed by atoms with Crippen molar-refractivity contribution in [2.45, 2.75) is 19.0 Å². The zero-order valence-electron chi connectivity index (χ0n) is 15.0. The normalized spacial score (nSPS) is 10.6. The summed E-state index contributed by atoms with van der Waals surface area (Å²) in [6.45, 7) is 4.37. The molecular weight excluding hydrogens is 367 g/mol. The second-order valence-electron chi connectivity index (χ2n) is 5.61. The van der Waals surface area contributed by atoms with E-state index < -0.39 is 5.82 Å². The lowest BCUT2D eigenvalue weighted by Gasteiger charge is -2.10. The number of carbonyl (C=O) groups is 1. The van der Waals surface area contributed by atoms with Gasteiger partial charge in [-0.2, -0.15) is 0 Å². The summed E-state index contributed by atoms with van der Waals surface area (Å²) >= 11 is 1.23. The van der Waals surface area contributed by atoms with E-state index >= 15 is 0 Å². The molecule has 3 rings (SSSR count). The van der Waals surface area contributed by atoms with Gasteiger partial charge in [-0.25, -0.2) is 4.39 Å². The smallest absolute Gasteiger partial charge is 0.234 e. The minimum Gasteiger partial charge on any atom is -0.494 e. The van der Waals surface area contributed by atoms with Crippen LogP contribution in [0.1, 0.15) is 12.7 Å². The van der Waals surface area contributed by atoms with Crippen LogP contribution in [0.5, 0.6) is 5.75 Å². The summed E-state index contributed by atoms with van der Waals surface area (Å²) in [6.07, 6.45) is 0. The first-order valence-electron chi connectivity index (χ1n) is 8.41. The molecule has 8 heteroatoms. The van der Waals surface area contributed by atoms with Crippen LogP contribution in [-0.2, 0) is 4.79 Å². The Morgan fingerprint density at radius 1 is 1.19 bits per heavy atom.